The lowest BCUT2D eigenvalue weighted by Gasteiger charge is -2.12. The van der Waals surface area contributed by atoms with Crippen molar-refractivity contribution in [2.45, 2.75) is 0 Å². The van der Waals surface area contributed by atoms with E-state index in [4.69, 9.17) is 56.4 Å². The average molecular weight is 513 g/mol. The summed E-state index contributed by atoms with van der Waals surface area (Å²) in [6.07, 6.45) is 1.23. The van der Waals surface area contributed by atoms with Crippen molar-refractivity contribution in [3.05, 3.63) is 66.5 Å². The molecule has 162 valence electrons. The Bertz CT molecular complexity index is 1360. The second-order valence-electron chi connectivity index (χ2n) is 5.95. The number of hydrogen-bond donors (Lipinski definition) is 3. The van der Waals surface area contributed by atoms with Crippen LogP contribution in [0.5, 0.6) is 11.6 Å². The Morgan fingerprint density at radius 3 is 2.28 bits per heavy atom. The number of H-pyrrole nitrogens is 1. The zero-order chi connectivity index (χ0) is 23.4. The lowest BCUT2D eigenvalue weighted by molar-refractivity contribution is -0.122. The number of fused-ring (bicyclic) bond motifs is 1. The van der Waals surface area contributed by atoms with Gasteiger partial charge in [-0.1, -0.05) is 46.4 Å². The summed E-state index contributed by atoms with van der Waals surface area (Å²) in [7, 11) is 0. The van der Waals surface area contributed by atoms with Crippen LogP contribution in [-0.2, 0) is 9.59 Å². The van der Waals surface area contributed by atoms with Crippen molar-refractivity contribution in [3.63, 3.8) is 0 Å². The molecule has 0 fully saturated rings. The van der Waals surface area contributed by atoms with Crippen molar-refractivity contribution in [2.75, 3.05) is 5.32 Å². The number of amides is 2. The summed E-state index contributed by atoms with van der Waals surface area (Å²) in [5.41, 5.74) is -0.543. The molecule has 0 aliphatic carbocycles. The molecule has 2 aromatic carbocycles. The maximum absolute atomic E-state index is 12.1. The van der Waals surface area contributed by atoms with Crippen LogP contribution in [0, 0.1) is 11.3 Å². The van der Waals surface area contributed by atoms with E-state index in [1.807, 2.05) is 5.32 Å². The smallest absolute Gasteiger partial charge is 0.272 e. The summed E-state index contributed by atoms with van der Waals surface area (Å²) in [6.45, 7) is 0. The highest BCUT2D eigenvalue weighted by Gasteiger charge is 2.16. The number of rotatable bonds is 6. The first-order chi connectivity index (χ1) is 15.2. The van der Waals surface area contributed by atoms with Crippen LogP contribution in [0.1, 0.15) is 0 Å². The molecule has 1 aromatic heterocycles. The number of nitrogens with one attached hydrogen (secondary N) is 3. The van der Waals surface area contributed by atoms with E-state index in [9.17, 15) is 14.4 Å². The molecule has 32 heavy (non-hydrogen) atoms. The van der Waals surface area contributed by atoms with Crippen molar-refractivity contribution in [1.29, 1.82) is 5.26 Å². The molecule has 3 rings (SSSR count). The van der Waals surface area contributed by atoms with Crippen molar-refractivity contribution in [3.8, 4) is 17.7 Å². The fourth-order valence-corrected chi connectivity index (χ4v) is 3.38. The summed E-state index contributed by atoms with van der Waals surface area (Å²) < 4.78 is 5.73. The van der Waals surface area contributed by atoms with Crippen LogP contribution < -0.4 is 20.9 Å². The number of aromatic nitrogens is 2. The van der Waals surface area contributed by atoms with E-state index >= 15 is 0 Å². The number of carbonyl (C=O) groups excluding carboxylic acids is 2. The number of ether oxygens (including phenoxy) is 1. The topological polar surface area (TPSA) is 137 Å². The molecule has 0 saturated heterocycles. The Balaban J connectivity index is 1.95. The van der Waals surface area contributed by atoms with E-state index in [1.165, 1.54) is 24.3 Å². The minimum absolute atomic E-state index is 0.0222. The van der Waals surface area contributed by atoms with Crippen LogP contribution >= 0.6 is 46.4 Å². The van der Waals surface area contributed by atoms with Gasteiger partial charge in [-0.05, 0) is 24.3 Å². The van der Waals surface area contributed by atoms with Crippen molar-refractivity contribution in [1.82, 2.24) is 15.5 Å². The average Bonchev–Trinajstić information content (AvgIpc) is 2.74. The summed E-state index contributed by atoms with van der Waals surface area (Å²) in [4.78, 5) is 34.0. The Morgan fingerprint density at radius 2 is 1.69 bits per heavy atom. The summed E-state index contributed by atoms with van der Waals surface area (Å²) >= 11 is 24.6. The highest BCUT2D eigenvalue weighted by atomic mass is 35.5. The molecular weight excluding hydrogens is 504 g/mol. The van der Waals surface area contributed by atoms with Gasteiger partial charge in [0, 0.05) is 11.9 Å². The van der Waals surface area contributed by atoms with Gasteiger partial charge in [0.1, 0.15) is 11.6 Å². The van der Waals surface area contributed by atoms with Crippen LogP contribution in [0.2, 0.25) is 20.1 Å². The third kappa shape index (κ3) is 4.95. The summed E-state index contributed by atoms with van der Waals surface area (Å²) in [5, 5.41) is 20.6. The molecule has 1 heterocycles. The molecule has 0 aliphatic heterocycles. The van der Waals surface area contributed by atoms with Gasteiger partial charge in [0.25, 0.3) is 11.5 Å². The van der Waals surface area contributed by atoms with Crippen molar-refractivity contribution >= 4 is 75.2 Å². The van der Waals surface area contributed by atoms with E-state index in [0.29, 0.717) is 5.69 Å². The van der Waals surface area contributed by atoms with Gasteiger partial charge in [0.2, 0.25) is 12.3 Å². The van der Waals surface area contributed by atoms with Crippen LogP contribution in [0.4, 0.5) is 5.69 Å². The predicted octanol–water partition coefficient (Wildman–Crippen LogP) is 4.42. The maximum atomic E-state index is 12.1. The molecule has 0 radical (unpaired) electrons. The van der Waals surface area contributed by atoms with E-state index < -0.39 is 11.5 Å². The third-order valence-electron chi connectivity index (χ3n) is 3.93. The van der Waals surface area contributed by atoms with Crippen LogP contribution in [0.15, 0.2) is 40.8 Å². The predicted molar refractivity (Wildman–Crippen MR) is 120 cm³/mol. The molecule has 0 spiro atoms. The number of nitrogens with zero attached hydrogens (tertiary/aromatic N) is 2. The lowest BCUT2D eigenvalue weighted by Crippen LogP contribution is -2.23. The molecule has 3 aromatic rings. The van der Waals surface area contributed by atoms with Crippen LogP contribution in [0.3, 0.4) is 0 Å². The fraction of sp³-hybridized carbons (Fsp3) is 0. The number of imide groups is 1. The van der Waals surface area contributed by atoms with Gasteiger partial charge >= 0.3 is 0 Å². The second kappa shape index (κ2) is 9.89. The fourth-order valence-electron chi connectivity index (χ4n) is 2.48. The van der Waals surface area contributed by atoms with Crippen LogP contribution in [0.25, 0.3) is 10.8 Å². The zero-order valence-corrected chi connectivity index (χ0v) is 18.5. The van der Waals surface area contributed by atoms with Gasteiger partial charge in [0.15, 0.2) is 5.75 Å². The van der Waals surface area contributed by atoms with Gasteiger partial charge < -0.3 is 10.1 Å². The minimum atomic E-state index is -0.887. The van der Waals surface area contributed by atoms with E-state index in [-0.39, 0.29) is 54.5 Å². The molecule has 0 unspecified atom stereocenters. The highest BCUT2D eigenvalue weighted by molar-refractivity contribution is 6.43. The molecule has 2 amide bonds. The van der Waals surface area contributed by atoms with E-state index in [0.717, 1.165) is 6.20 Å². The Hall–Kier alpha value is -3.29. The number of benzene rings is 2. The number of carbonyl (C=O) groups is 2. The Kier molecular flexibility index (Phi) is 7.22. The summed E-state index contributed by atoms with van der Waals surface area (Å²) in [5.74, 6) is -0.893. The lowest BCUT2D eigenvalue weighted by atomic mass is 10.2. The molecule has 13 heteroatoms. The van der Waals surface area contributed by atoms with Crippen LogP contribution in [-0.4, -0.2) is 22.5 Å². The highest BCUT2D eigenvalue weighted by Crippen LogP contribution is 2.40. The Morgan fingerprint density at radius 1 is 1.06 bits per heavy atom. The second-order valence-corrected chi connectivity index (χ2v) is 7.58. The Labute approximate surface area is 199 Å². The van der Waals surface area contributed by atoms with Gasteiger partial charge in [-0.2, -0.15) is 5.26 Å². The number of nitriles is 1. The van der Waals surface area contributed by atoms with Crippen molar-refractivity contribution in [2.24, 2.45) is 0 Å². The quantitative estimate of drug-likeness (QED) is 0.252. The zero-order valence-electron chi connectivity index (χ0n) is 15.5. The molecule has 0 saturated carbocycles. The first kappa shape index (κ1) is 23.4. The first-order valence-corrected chi connectivity index (χ1v) is 9.92. The van der Waals surface area contributed by atoms with Gasteiger partial charge in [-0.3, -0.25) is 19.7 Å². The van der Waals surface area contributed by atoms with Gasteiger partial charge in [-0.15, -0.1) is 5.10 Å². The number of aromatic amines is 1. The molecule has 9 nitrogen and oxygen atoms in total. The molecule has 0 bridgehead atoms. The number of hydrogen-bond acceptors (Lipinski definition) is 7. The molecule has 0 aliphatic rings. The van der Waals surface area contributed by atoms with E-state index in [1.54, 1.807) is 6.07 Å². The number of anilines is 1. The molecule has 3 N–H and O–H groups in total. The standard InChI is InChI=1S/C19H9Cl4N5O4/c20-12-3-10-11(4-13(12)21)19(28-27-18(10)31)32-16-14(22)1-9(2-15(16)23)25-6-8(5-24)17(30)26-7-29/h1-4,6-7,25H,(H,27,31)(H,26,29,30)/b8-6-. The van der Waals surface area contributed by atoms with Crippen molar-refractivity contribution < 1.29 is 14.3 Å². The van der Waals surface area contributed by atoms with Gasteiger partial charge in [0.05, 0.1) is 30.9 Å². The minimum Gasteiger partial charge on any atom is -0.434 e. The normalized spacial score (nSPS) is 11.0. The third-order valence-corrected chi connectivity index (χ3v) is 5.21. The molecular formula is C19H9Cl4N5O4. The molecule has 0 atom stereocenters. The maximum Gasteiger partial charge on any atom is 0.272 e. The largest absolute Gasteiger partial charge is 0.434 e. The first-order valence-electron chi connectivity index (χ1n) is 8.40. The monoisotopic (exact) mass is 511 g/mol. The SMILES string of the molecule is N#C/C(=C/Nc1cc(Cl)c(Oc2n[nH]c(=O)c3cc(Cl)c(Cl)cc23)c(Cl)c1)C(=O)NC=O. The van der Waals surface area contributed by atoms with E-state index in [2.05, 4.69) is 15.5 Å². The number of halogens is 4. The summed E-state index contributed by atoms with van der Waals surface area (Å²) in [6, 6.07) is 7.25. The van der Waals surface area contributed by atoms with Gasteiger partial charge in [-0.25, -0.2) is 5.10 Å².